The number of benzene rings is 1. The Balaban J connectivity index is 2.18. The van der Waals surface area contributed by atoms with E-state index >= 15 is 0 Å². The quantitative estimate of drug-likeness (QED) is 0.781. The second-order valence-electron chi connectivity index (χ2n) is 4.90. The molecule has 1 N–H and O–H groups in total. The van der Waals surface area contributed by atoms with Gasteiger partial charge < -0.3 is 10.1 Å². The molecule has 0 saturated carbocycles. The van der Waals surface area contributed by atoms with Gasteiger partial charge in [0.05, 0.1) is 13.0 Å². The fraction of sp³-hybridized carbons (Fsp3) is 0.562. The molecule has 1 rings (SSSR count). The third-order valence-electron chi connectivity index (χ3n) is 3.36. The molecular formula is C16H25NO2. The maximum absolute atomic E-state index is 11.6. The number of nitrogens with one attached hydrogen (secondary N) is 1. The number of hydrogen-bond donors (Lipinski definition) is 1. The number of ether oxygens (including phenoxy) is 1. The molecule has 0 unspecified atom stereocenters. The van der Waals surface area contributed by atoms with E-state index in [1.807, 2.05) is 31.2 Å². The van der Waals surface area contributed by atoms with Crippen LogP contribution >= 0.6 is 0 Å². The normalized spacial score (nSPS) is 10.5. The molecule has 0 heterocycles. The molecule has 106 valence electrons. The lowest BCUT2D eigenvalue weighted by atomic mass is 10.0. The van der Waals surface area contributed by atoms with E-state index in [4.69, 9.17) is 4.74 Å². The van der Waals surface area contributed by atoms with Gasteiger partial charge in [0.15, 0.2) is 0 Å². The number of carbonyl (C=O) groups excluding carboxylic acids is 1. The fourth-order valence-electron chi connectivity index (χ4n) is 1.82. The van der Waals surface area contributed by atoms with E-state index in [1.54, 1.807) is 0 Å². The van der Waals surface area contributed by atoms with Gasteiger partial charge in [-0.05, 0) is 25.0 Å². The standard InChI is InChI=1S/C16H25NO2/c1-4-14(5-2)12-17-16(18)10-11-19-15-8-6-13(3)7-9-15/h6-9,14H,4-5,10-12H2,1-3H3,(H,17,18). The number of hydrogen-bond acceptors (Lipinski definition) is 2. The highest BCUT2D eigenvalue weighted by Crippen LogP contribution is 2.11. The zero-order valence-electron chi connectivity index (χ0n) is 12.2. The molecule has 1 aromatic rings. The van der Waals surface area contributed by atoms with Crippen molar-refractivity contribution in [2.24, 2.45) is 5.92 Å². The van der Waals surface area contributed by atoms with Gasteiger partial charge in [-0.1, -0.05) is 44.4 Å². The molecule has 3 nitrogen and oxygen atoms in total. The smallest absolute Gasteiger partial charge is 0.223 e. The van der Waals surface area contributed by atoms with Crippen LogP contribution in [0.25, 0.3) is 0 Å². The predicted molar refractivity (Wildman–Crippen MR) is 78.4 cm³/mol. The summed E-state index contributed by atoms with van der Waals surface area (Å²) in [6.45, 7) is 7.55. The van der Waals surface area contributed by atoms with Gasteiger partial charge in [-0.2, -0.15) is 0 Å². The van der Waals surface area contributed by atoms with E-state index in [0.29, 0.717) is 18.9 Å². The summed E-state index contributed by atoms with van der Waals surface area (Å²) in [5, 5.41) is 2.96. The minimum atomic E-state index is 0.0685. The van der Waals surface area contributed by atoms with Crippen molar-refractivity contribution in [3.63, 3.8) is 0 Å². The monoisotopic (exact) mass is 263 g/mol. The molecule has 0 aliphatic rings. The molecule has 0 aliphatic carbocycles. The molecular weight excluding hydrogens is 238 g/mol. The van der Waals surface area contributed by atoms with E-state index < -0.39 is 0 Å². The first-order valence-corrected chi connectivity index (χ1v) is 7.11. The van der Waals surface area contributed by atoms with Crippen LogP contribution < -0.4 is 10.1 Å². The zero-order valence-corrected chi connectivity index (χ0v) is 12.2. The Labute approximate surface area is 116 Å². The van der Waals surface area contributed by atoms with Gasteiger partial charge in [0, 0.05) is 6.54 Å². The van der Waals surface area contributed by atoms with Crippen molar-refractivity contribution in [3.8, 4) is 5.75 Å². The summed E-state index contributed by atoms with van der Waals surface area (Å²) in [5.41, 5.74) is 1.20. The molecule has 1 amide bonds. The minimum Gasteiger partial charge on any atom is -0.493 e. The van der Waals surface area contributed by atoms with Crippen LogP contribution in [0.15, 0.2) is 24.3 Å². The maximum Gasteiger partial charge on any atom is 0.223 e. The third-order valence-corrected chi connectivity index (χ3v) is 3.36. The van der Waals surface area contributed by atoms with E-state index in [-0.39, 0.29) is 5.91 Å². The lowest BCUT2D eigenvalue weighted by molar-refractivity contribution is -0.121. The Morgan fingerprint density at radius 2 is 1.84 bits per heavy atom. The van der Waals surface area contributed by atoms with Gasteiger partial charge >= 0.3 is 0 Å². The van der Waals surface area contributed by atoms with Crippen LogP contribution in [0.1, 0.15) is 38.7 Å². The van der Waals surface area contributed by atoms with Crippen LogP contribution in [0.3, 0.4) is 0 Å². The lowest BCUT2D eigenvalue weighted by Gasteiger charge is -2.13. The first kappa shape index (κ1) is 15.5. The zero-order chi connectivity index (χ0) is 14.1. The average molecular weight is 263 g/mol. The van der Waals surface area contributed by atoms with Crippen molar-refractivity contribution in [3.05, 3.63) is 29.8 Å². The second kappa shape index (κ2) is 8.57. The van der Waals surface area contributed by atoms with Crippen molar-refractivity contribution >= 4 is 5.91 Å². The SMILES string of the molecule is CCC(CC)CNC(=O)CCOc1ccc(C)cc1. The van der Waals surface area contributed by atoms with Crippen molar-refractivity contribution in [1.82, 2.24) is 5.32 Å². The molecule has 0 atom stereocenters. The molecule has 0 aromatic heterocycles. The molecule has 1 aromatic carbocycles. The Kier molecular flexibility index (Phi) is 7.01. The van der Waals surface area contributed by atoms with Gasteiger partial charge in [-0.15, -0.1) is 0 Å². The van der Waals surface area contributed by atoms with Gasteiger partial charge in [-0.3, -0.25) is 4.79 Å². The van der Waals surface area contributed by atoms with Crippen LogP contribution in [-0.4, -0.2) is 19.1 Å². The number of amides is 1. The van der Waals surface area contributed by atoms with Gasteiger partial charge in [0.2, 0.25) is 5.91 Å². The first-order valence-electron chi connectivity index (χ1n) is 7.11. The largest absolute Gasteiger partial charge is 0.493 e. The first-order chi connectivity index (χ1) is 9.15. The van der Waals surface area contributed by atoms with E-state index in [9.17, 15) is 4.79 Å². The molecule has 0 radical (unpaired) electrons. The Morgan fingerprint density at radius 1 is 1.21 bits per heavy atom. The van der Waals surface area contributed by atoms with Crippen molar-refractivity contribution < 1.29 is 9.53 Å². The van der Waals surface area contributed by atoms with Gasteiger partial charge in [-0.25, -0.2) is 0 Å². The molecule has 3 heteroatoms. The highest BCUT2D eigenvalue weighted by molar-refractivity contribution is 5.75. The second-order valence-corrected chi connectivity index (χ2v) is 4.90. The molecule has 0 saturated heterocycles. The van der Waals surface area contributed by atoms with Crippen LogP contribution in [-0.2, 0) is 4.79 Å². The van der Waals surface area contributed by atoms with E-state index in [2.05, 4.69) is 19.2 Å². The summed E-state index contributed by atoms with van der Waals surface area (Å²) in [6.07, 6.45) is 2.63. The predicted octanol–water partition coefficient (Wildman–Crippen LogP) is 3.32. The van der Waals surface area contributed by atoms with Gasteiger partial charge in [0.1, 0.15) is 5.75 Å². The molecule has 0 fully saturated rings. The summed E-state index contributed by atoms with van der Waals surface area (Å²) in [4.78, 5) is 11.6. The van der Waals surface area contributed by atoms with E-state index in [0.717, 1.165) is 25.1 Å². The summed E-state index contributed by atoms with van der Waals surface area (Å²) in [7, 11) is 0. The van der Waals surface area contributed by atoms with Crippen LogP contribution in [0.5, 0.6) is 5.75 Å². The number of rotatable bonds is 8. The molecule has 0 aliphatic heterocycles. The van der Waals surface area contributed by atoms with Crippen molar-refractivity contribution in [2.45, 2.75) is 40.0 Å². The summed E-state index contributed by atoms with van der Waals surface area (Å²) in [6, 6.07) is 7.86. The van der Waals surface area contributed by atoms with Crippen molar-refractivity contribution in [1.29, 1.82) is 0 Å². The molecule has 19 heavy (non-hydrogen) atoms. The van der Waals surface area contributed by atoms with Crippen LogP contribution in [0.2, 0.25) is 0 Å². The summed E-state index contributed by atoms with van der Waals surface area (Å²) >= 11 is 0. The summed E-state index contributed by atoms with van der Waals surface area (Å²) in [5.74, 6) is 1.47. The van der Waals surface area contributed by atoms with Crippen LogP contribution in [0.4, 0.5) is 0 Å². The summed E-state index contributed by atoms with van der Waals surface area (Å²) < 4.78 is 5.53. The lowest BCUT2D eigenvalue weighted by Crippen LogP contribution is -2.29. The maximum atomic E-state index is 11.6. The Hall–Kier alpha value is -1.51. The van der Waals surface area contributed by atoms with Gasteiger partial charge in [0.25, 0.3) is 0 Å². The number of aryl methyl sites for hydroxylation is 1. The topological polar surface area (TPSA) is 38.3 Å². The van der Waals surface area contributed by atoms with Crippen molar-refractivity contribution in [2.75, 3.05) is 13.2 Å². The highest BCUT2D eigenvalue weighted by Gasteiger charge is 2.06. The third kappa shape index (κ3) is 6.27. The Morgan fingerprint density at radius 3 is 2.42 bits per heavy atom. The molecule has 0 bridgehead atoms. The number of carbonyl (C=O) groups is 1. The Bertz CT molecular complexity index is 369. The van der Waals surface area contributed by atoms with E-state index in [1.165, 1.54) is 5.56 Å². The fourth-order valence-corrected chi connectivity index (χ4v) is 1.82. The minimum absolute atomic E-state index is 0.0685. The molecule has 0 spiro atoms. The average Bonchev–Trinajstić information content (AvgIpc) is 2.42. The van der Waals surface area contributed by atoms with Crippen LogP contribution in [0, 0.1) is 12.8 Å². The highest BCUT2D eigenvalue weighted by atomic mass is 16.5.